The van der Waals surface area contributed by atoms with Crippen molar-refractivity contribution in [3.63, 3.8) is 0 Å². The molecule has 1 aromatic rings. The van der Waals surface area contributed by atoms with E-state index >= 15 is 0 Å². The van der Waals surface area contributed by atoms with Crippen molar-refractivity contribution in [2.45, 2.75) is 25.7 Å². The number of nitrogens with zero attached hydrogens (tertiary/aromatic N) is 1. The number of carboxylic acid groups (broad SMARTS) is 1. The molecule has 1 aliphatic carbocycles. The number of carbonyl (C=O) groups excluding carboxylic acids is 1. The highest BCUT2D eigenvalue weighted by atomic mass is 16.6. The maximum absolute atomic E-state index is 12.3. The van der Waals surface area contributed by atoms with E-state index in [4.69, 9.17) is 0 Å². The molecule has 0 spiro atoms. The van der Waals surface area contributed by atoms with Gasteiger partial charge in [-0.05, 0) is 18.9 Å². The van der Waals surface area contributed by atoms with Crippen LogP contribution in [-0.2, 0) is 9.59 Å². The van der Waals surface area contributed by atoms with E-state index in [9.17, 15) is 24.8 Å². The van der Waals surface area contributed by atoms with Crippen LogP contribution in [-0.4, -0.2) is 28.3 Å². The number of carbonyl (C=O) groups is 2. The van der Waals surface area contributed by atoms with E-state index in [1.807, 2.05) is 0 Å². The van der Waals surface area contributed by atoms with Gasteiger partial charge in [-0.1, -0.05) is 35.9 Å². The quantitative estimate of drug-likeness (QED) is 0.665. The Kier molecular flexibility index (Phi) is 4.70. The Morgan fingerprint density at radius 1 is 1.41 bits per heavy atom. The van der Waals surface area contributed by atoms with Crippen molar-refractivity contribution >= 4 is 11.8 Å². The lowest BCUT2D eigenvalue weighted by Gasteiger charge is -2.26. The standard InChI is InChI=1S/C16H17NO5/c1-10-12(16(19)20)7-8-14(18)15(10)13(9-17(21)22)11-5-3-2-4-6-11/h2-6,12-13H,7-9H2,1H3,(H,19,20)/t12?,13-/m1/s1. The van der Waals surface area contributed by atoms with Gasteiger partial charge in [0.2, 0.25) is 6.54 Å². The van der Waals surface area contributed by atoms with Gasteiger partial charge in [0.1, 0.15) is 0 Å². The average Bonchev–Trinajstić information content (AvgIpc) is 2.46. The largest absolute Gasteiger partial charge is 0.481 e. The molecular weight excluding hydrogens is 286 g/mol. The number of Topliss-reactive ketones (excluding diaryl/α,β-unsaturated/α-hetero) is 1. The molecule has 1 aliphatic rings. The number of aliphatic carboxylic acids is 1. The molecule has 116 valence electrons. The molecular formula is C16H17NO5. The third kappa shape index (κ3) is 3.21. The highest BCUT2D eigenvalue weighted by Gasteiger charge is 2.36. The molecule has 0 saturated carbocycles. The maximum Gasteiger partial charge on any atom is 0.310 e. The first-order chi connectivity index (χ1) is 10.4. The van der Waals surface area contributed by atoms with Crippen LogP contribution in [0.1, 0.15) is 31.2 Å². The van der Waals surface area contributed by atoms with Crippen molar-refractivity contribution in [1.29, 1.82) is 0 Å². The molecule has 0 saturated heterocycles. The van der Waals surface area contributed by atoms with Gasteiger partial charge in [0.15, 0.2) is 5.78 Å². The number of hydrogen-bond donors (Lipinski definition) is 1. The number of nitro groups is 1. The summed E-state index contributed by atoms with van der Waals surface area (Å²) in [6.45, 7) is 1.18. The normalized spacial score (nSPS) is 19.9. The monoisotopic (exact) mass is 303 g/mol. The van der Waals surface area contributed by atoms with E-state index < -0.39 is 29.3 Å². The van der Waals surface area contributed by atoms with Crippen LogP contribution >= 0.6 is 0 Å². The summed E-state index contributed by atoms with van der Waals surface area (Å²) in [7, 11) is 0. The van der Waals surface area contributed by atoms with Crippen LogP contribution in [0.3, 0.4) is 0 Å². The minimum atomic E-state index is -0.990. The van der Waals surface area contributed by atoms with Crippen LogP contribution < -0.4 is 0 Å². The SMILES string of the molecule is CC1=C([C@H](C[N+](=O)[O-])c2ccccc2)C(=O)CCC1C(=O)O. The Morgan fingerprint density at radius 2 is 2.05 bits per heavy atom. The molecule has 0 radical (unpaired) electrons. The summed E-state index contributed by atoms with van der Waals surface area (Å²) in [5, 5.41) is 20.3. The van der Waals surface area contributed by atoms with Crippen LogP contribution in [0.2, 0.25) is 0 Å². The van der Waals surface area contributed by atoms with Gasteiger partial charge in [-0.15, -0.1) is 0 Å². The fraction of sp³-hybridized carbons (Fsp3) is 0.375. The predicted molar refractivity (Wildman–Crippen MR) is 79.1 cm³/mol. The van der Waals surface area contributed by atoms with Gasteiger partial charge in [0, 0.05) is 16.9 Å². The van der Waals surface area contributed by atoms with Crippen molar-refractivity contribution in [2.24, 2.45) is 5.92 Å². The zero-order chi connectivity index (χ0) is 16.3. The molecule has 2 atom stereocenters. The Morgan fingerprint density at radius 3 is 2.59 bits per heavy atom. The molecule has 6 heteroatoms. The summed E-state index contributed by atoms with van der Waals surface area (Å²) in [6.07, 6.45) is 0.369. The minimum Gasteiger partial charge on any atom is -0.481 e. The third-order valence-electron chi connectivity index (χ3n) is 4.09. The zero-order valence-corrected chi connectivity index (χ0v) is 12.2. The Labute approximate surface area is 127 Å². The van der Waals surface area contributed by atoms with Gasteiger partial charge in [0.25, 0.3) is 0 Å². The van der Waals surface area contributed by atoms with E-state index in [0.29, 0.717) is 16.7 Å². The molecule has 0 heterocycles. The lowest BCUT2D eigenvalue weighted by atomic mass is 9.75. The van der Waals surface area contributed by atoms with Gasteiger partial charge in [-0.3, -0.25) is 19.7 Å². The van der Waals surface area contributed by atoms with Crippen LogP contribution in [0, 0.1) is 16.0 Å². The second kappa shape index (κ2) is 6.51. The van der Waals surface area contributed by atoms with Crippen LogP contribution in [0.15, 0.2) is 41.5 Å². The second-order valence-corrected chi connectivity index (χ2v) is 5.43. The van der Waals surface area contributed by atoms with Crippen molar-refractivity contribution < 1.29 is 19.6 Å². The fourth-order valence-electron chi connectivity index (χ4n) is 3.01. The summed E-state index contributed by atoms with van der Waals surface area (Å²) < 4.78 is 0. The number of rotatable bonds is 5. The zero-order valence-electron chi connectivity index (χ0n) is 12.2. The summed E-state index contributed by atoms with van der Waals surface area (Å²) in [4.78, 5) is 34.2. The topological polar surface area (TPSA) is 97.5 Å². The predicted octanol–water partition coefficient (Wildman–Crippen LogP) is 2.43. The van der Waals surface area contributed by atoms with Crippen molar-refractivity contribution in [3.05, 3.63) is 57.2 Å². The van der Waals surface area contributed by atoms with Gasteiger partial charge in [-0.25, -0.2) is 0 Å². The lowest BCUT2D eigenvalue weighted by Crippen LogP contribution is -2.29. The number of ketones is 1. The molecule has 2 rings (SSSR count). The molecule has 6 nitrogen and oxygen atoms in total. The Balaban J connectivity index is 2.53. The van der Waals surface area contributed by atoms with E-state index in [-0.39, 0.29) is 18.6 Å². The van der Waals surface area contributed by atoms with Crippen molar-refractivity contribution in [1.82, 2.24) is 0 Å². The number of carboxylic acids is 1. The first kappa shape index (κ1) is 15.9. The van der Waals surface area contributed by atoms with Gasteiger partial charge >= 0.3 is 5.97 Å². The van der Waals surface area contributed by atoms with Gasteiger partial charge in [-0.2, -0.15) is 0 Å². The number of benzene rings is 1. The maximum atomic E-state index is 12.3. The van der Waals surface area contributed by atoms with Crippen LogP contribution in [0.25, 0.3) is 0 Å². The fourth-order valence-corrected chi connectivity index (χ4v) is 3.01. The second-order valence-electron chi connectivity index (χ2n) is 5.43. The van der Waals surface area contributed by atoms with Crippen LogP contribution in [0.4, 0.5) is 0 Å². The average molecular weight is 303 g/mol. The first-order valence-electron chi connectivity index (χ1n) is 7.05. The summed E-state index contributed by atoms with van der Waals surface area (Å²) >= 11 is 0. The van der Waals surface area contributed by atoms with Gasteiger partial charge in [0.05, 0.1) is 11.8 Å². The van der Waals surface area contributed by atoms with E-state index in [0.717, 1.165) is 0 Å². The summed E-state index contributed by atoms with van der Waals surface area (Å²) in [6, 6.07) is 8.75. The molecule has 0 amide bonds. The molecule has 0 aliphatic heterocycles. The van der Waals surface area contributed by atoms with Crippen molar-refractivity contribution in [3.8, 4) is 0 Å². The molecule has 1 N–H and O–H groups in total. The minimum absolute atomic E-state index is 0.116. The molecule has 22 heavy (non-hydrogen) atoms. The van der Waals surface area contributed by atoms with E-state index in [1.54, 1.807) is 37.3 Å². The molecule has 0 fully saturated rings. The van der Waals surface area contributed by atoms with E-state index in [1.165, 1.54) is 0 Å². The summed E-state index contributed by atoms with van der Waals surface area (Å²) in [5.74, 6) is -2.63. The third-order valence-corrected chi connectivity index (χ3v) is 4.09. The summed E-state index contributed by atoms with van der Waals surface area (Å²) in [5.41, 5.74) is 1.40. The van der Waals surface area contributed by atoms with Crippen molar-refractivity contribution in [2.75, 3.05) is 6.54 Å². The molecule has 1 aromatic carbocycles. The highest BCUT2D eigenvalue weighted by Crippen LogP contribution is 2.36. The van der Waals surface area contributed by atoms with Gasteiger partial charge < -0.3 is 5.11 Å². The smallest absolute Gasteiger partial charge is 0.310 e. The molecule has 0 bridgehead atoms. The highest BCUT2D eigenvalue weighted by molar-refractivity contribution is 6.00. The Hall–Kier alpha value is -2.50. The molecule has 0 aromatic heterocycles. The van der Waals surface area contributed by atoms with E-state index in [2.05, 4.69) is 0 Å². The number of hydrogen-bond acceptors (Lipinski definition) is 4. The first-order valence-corrected chi connectivity index (χ1v) is 7.05. The molecule has 1 unspecified atom stereocenters. The Bertz CT molecular complexity index is 635. The van der Waals surface area contributed by atoms with Crippen LogP contribution in [0.5, 0.6) is 0 Å². The lowest BCUT2D eigenvalue weighted by molar-refractivity contribution is -0.481.